The second-order valence-corrected chi connectivity index (χ2v) is 10.4. The third kappa shape index (κ3) is 5.19. The van der Waals surface area contributed by atoms with Crippen LogP contribution in [-0.2, 0) is 4.74 Å². The molecule has 2 aliphatic rings. The van der Waals surface area contributed by atoms with Gasteiger partial charge in [0.2, 0.25) is 5.95 Å². The van der Waals surface area contributed by atoms with E-state index in [1.54, 1.807) is 0 Å². The lowest BCUT2D eigenvalue weighted by Crippen LogP contribution is -2.38. The van der Waals surface area contributed by atoms with Gasteiger partial charge in [-0.2, -0.15) is 4.98 Å². The molecular weight excluding hydrogens is 441 g/mol. The van der Waals surface area contributed by atoms with E-state index in [1.807, 2.05) is 0 Å². The van der Waals surface area contributed by atoms with Gasteiger partial charge in [0, 0.05) is 50.7 Å². The Kier molecular flexibility index (Phi) is 5.99. The average Bonchev–Trinajstić information content (AvgIpc) is 2.78. The molecule has 1 aromatic rings. The Morgan fingerprint density at radius 2 is 1.69 bits per heavy atom. The van der Waals surface area contributed by atoms with E-state index in [0.29, 0.717) is 0 Å². The van der Waals surface area contributed by atoms with Gasteiger partial charge in [-0.25, -0.2) is 4.98 Å². The van der Waals surface area contributed by atoms with E-state index in [1.165, 1.54) is 0 Å². The molecule has 0 aliphatic carbocycles. The van der Waals surface area contributed by atoms with Crippen LogP contribution >= 0.6 is 22.6 Å². The zero-order chi connectivity index (χ0) is 18.9. The van der Waals surface area contributed by atoms with Gasteiger partial charge in [0.05, 0.1) is 13.2 Å². The molecule has 0 N–H and O–H groups in total. The Labute approximate surface area is 171 Å². The molecule has 0 unspecified atom stereocenters. The van der Waals surface area contributed by atoms with Crippen LogP contribution in [0.15, 0.2) is 6.07 Å². The van der Waals surface area contributed by atoms with Gasteiger partial charge in [-0.15, -0.1) is 0 Å². The van der Waals surface area contributed by atoms with Crippen LogP contribution in [0.25, 0.3) is 0 Å². The monoisotopic (exact) mass is 473 g/mol. The number of nitrogens with zero attached hydrogens (tertiary/aromatic N) is 5. The lowest BCUT2D eigenvalue weighted by Gasteiger charge is -2.32. The minimum Gasteiger partial charge on any atom is -0.379 e. The fourth-order valence-corrected chi connectivity index (χ4v) is 4.47. The van der Waals surface area contributed by atoms with E-state index in [-0.39, 0.29) is 10.8 Å². The predicted molar refractivity (Wildman–Crippen MR) is 115 cm³/mol. The average molecular weight is 473 g/mol. The van der Waals surface area contributed by atoms with E-state index in [9.17, 15) is 0 Å². The summed E-state index contributed by atoms with van der Waals surface area (Å²) in [5.41, 5.74) is 0.342. The molecule has 0 aromatic carbocycles. The van der Waals surface area contributed by atoms with Crippen LogP contribution in [0, 0.1) is 14.5 Å². The minimum atomic E-state index is 0.125. The molecule has 2 fully saturated rings. The second kappa shape index (κ2) is 7.75. The number of ether oxygens (including phenoxy) is 1. The van der Waals surface area contributed by atoms with Crippen molar-refractivity contribution in [3.05, 3.63) is 9.77 Å². The van der Waals surface area contributed by atoms with Crippen molar-refractivity contribution in [3.8, 4) is 0 Å². The highest BCUT2D eigenvalue weighted by atomic mass is 127. The van der Waals surface area contributed by atoms with Crippen molar-refractivity contribution < 1.29 is 4.74 Å². The largest absolute Gasteiger partial charge is 0.379 e. The van der Waals surface area contributed by atoms with Crippen LogP contribution in [0.1, 0.15) is 27.7 Å². The Bertz CT molecular complexity index is 636. The minimum absolute atomic E-state index is 0.125. The lowest BCUT2D eigenvalue weighted by molar-refractivity contribution is 0.0893. The zero-order valence-corrected chi connectivity index (χ0v) is 18.9. The summed E-state index contributed by atoms with van der Waals surface area (Å²) in [6, 6.07) is 2.10. The normalized spacial score (nSPS) is 24.2. The molecule has 2 saturated heterocycles. The molecule has 1 aromatic heterocycles. The predicted octanol–water partition coefficient (Wildman–Crippen LogP) is 2.72. The first-order valence-electron chi connectivity index (χ1n) is 9.44. The fourth-order valence-electron chi connectivity index (χ4n) is 3.98. The van der Waals surface area contributed by atoms with Crippen molar-refractivity contribution in [3.63, 3.8) is 0 Å². The third-order valence-corrected chi connectivity index (χ3v) is 5.51. The van der Waals surface area contributed by atoms with Crippen LogP contribution in [-0.4, -0.2) is 74.4 Å². The van der Waals surface area contributed by atoms with Crippen molar-refractivity contribution >= 4 is 34.4 Å². The summed E-state index contributed by atoms with van der Waals surface area (Å²) < 4.78 is 6.79. The van der Waals surface area contributed by atoms with E-state index < -0.39 is 0 Å². The van der Waals surface area contributed by atoms with Crippen LogP contribution in [0.4, 0.5) is 11.8 Å². The van der Waals surface area contributed by atoms with Crippen LogP contribution < -0.4 is 9.80 Å². The van der Waals surface area contributed by atoms with Gasteiger partial charge in [-0.05, 0) is 35.1 Å². The number of anilines is 2. The number of hydrogen-bond acceptors (Lipinski definition) is 6. The summed E-state index contributed by atoms with van der Waals surface area (Å²) in [6.45, 7) is 16.6. The standard InChI is InChI=1S/C19H32IN5O/c1-18(2)11-23(5)6-7-25(12-18)17-21-15(20)10-16(22-17)24-8-9-26-14-19(3,4)13-24/h10H,6-9,11-14H2,1-5H3. The maximum atomic E-state index is 5.79. The molecule has 26 heavy (non-hydrogen) atoms. The van der Waals surface area contributed by atoms with Gasteiger partial charge in [0.1, 0.15) is 9.52 Å². The lowest BCUT2D eigenvalue weighted by atomic mass is 9.93. The Hall–Kier alpha value is -0.670. The molecule has 7 heteroatoms. The molecule has 3 heterocycles. The SMILES string of the molecule is CN1CCN(c2nc(I)cc(N3CCOCC(C)(C)C3)n2)CC(C)(C)C1. The smallest absolute Gasteiger partial charge is 0.228 e. The summed E-state index contributed by atoms with van der Waals surface area (Å²) >= 11 is 2.32. The number of rotatable bonds is 2. The van der Waals surface area contributed by atoms with Gasteiger partial charge in [-0.3, -0.25) is 0 Å². The van der Waals surface area contributed by atoms with Crippen molar-refractivity contribution in [1.82, 2.24) is 14.9 Å². The number of aromatic nitrogens is 2. The quantitative estimate of drug-likeness (QED) is 0.487. The first-order valence-corrected chi connectivity index (χ1v) is 10.5. The topological polar surface area (TPSA) is 44.7 Å². The number of hydrogen-bond donors (Lipinski definition) is 0. The van der Waals surface area contributed by atoms with Crippen LogP contribution in [0.5, 0.6) is 0 Å². The number of halogens is 1. The molecule has 0 saturated carbocycles. The van der Waals surface area contributed by atoms with Gasteiger partial charge < -0.3 is 19.4 Å². The summed E-state index contributed by atoms with van der Waals surface area (Å²) in [7, 11) is 2.20. The third-order valence-electron chi connectivity index (χ3n) is 4.96. The second-order valence-electron chi connectivity index (χ2n) is 9.31. The maximum Gasteiger partial charge on any atom is 0.228 e. The molecule has 0 bridgehead atoms. The van der Waals surface area contributed by atoms with E-state index >= 15 is 0 Å². The number of likely N-dealkylation sites (N-methyl/N-ethyl adjacent to an activating group) is 1. The molecule has 0 spiro atoms. The summed E-state index contributed by atoms with van der Waals surface area (Å²) in [5, 5.41) is 0. The molecular formula is C19H32IN5O. The molecule has 0 radical (unpaired) electrons. The van der Waals surface area contributed by atoms with Crippen molar-refractivity contribution in [1.29, 1.82) is 0 Å². The Balaban J connectivity index is 1.87. The molecule has 0 amide bonds. The summed E-state index contributed by atoms with van der Waals surface area (Å²) in [4.78, 5) is 16.9. The molecule has 0 atom stereocenters. The molecule has 3 rings (SSSR count). The van der Waals surface area contributed by atoms with E-state index in [2.05, 4.69) is 78.1 Å². The van der Waals surface area contributed by atoms with Crippen molar-refractivity contribution in [2.24, 2.45) is 10.8 Å². The van der Waals surface area contributed by atoms with Crippen molar-refractivity contribution in [2.45, 2.75) is 27.7 Å². The highest BCUT2D eigenvalue weighted by Gasteiger charge is 2.30. The van der Waals surface area contributed by atoms with Gasteiger partial charge in [0.15, 0.2) is 0 Å². The van der Waals surface area contributed by atoms with Gasteiger partial charge in [0.25, 0.3) is 0 Å². The van der Waals surface area contributed by atoms with Gasteiger partial charge >= 0.3 is 0 Å². The van der Waals surface area contributed by atoms with E-state index in [4.69, 9.17) is 14.7 Å². The molecule has 146 valence electrons. The summed E-state index contributed by atoms with van der Waals surface area (Å²) in [5.74, 6) is 1.88. The summed E-state index contributed by atoms with van der Waals surface area (Å²) in [6.07, 6.45) is 0. The van der Waals surface area contributed by atoms with Crippen LogP contribution in [0.3, 0.4) is 0 Å². The molecule has 2 aliphatic heterocycles. The molecule has 6 nitrogen and oxygen atoms in total. The highest BCUT2D eigenvalue weighted by molar-refractivity contribution is 14.1. The maximum absolute atomic E-state index is 5.79. The zero-order valence-electron chi connectivity index (χ0n) is 16.8. The fraction of sp³-hybridized carbons (Fsp3) is 0.789. The Morgan fingerprint density at radius 3 is 2.46 bits per heavy atom. The highest BCUT2D eigenvalue weighted by Crippen LogP contribution is 2.28. The van der Waals surface area contributed by atoms with E-state index in [0.717, 1.165) is 67.9 Å². The van der Waals surface area contributed by atoms with Gasteiger partial charge in [-0.1, -0.05) is 27.7 Å². The Morgan fingerprint density at radius 1 is 0.962 bits per heavy atom. The van der Waals surface area contributed by atoms with Crippen molar-refractivity contribution in [2.75, 3.05) is 69.3 Å². The van der Waals surface area contributed by atoms with Crippen LogP contribution in [0.2, 0.25) is 0 Å². The first-order chi connectivity index (χ1) is 12.1. The first kappa shape index (κ1) is 20.1.